The summed E-state index contributed by atoms with van der Waals surface area (Å²) in [7, 11) is 0. The van der Waals surface area contributed by atoms with E-state index in [0.717, 1.165) is 36.3 Å². The monoisotopic (exact) mass is 639 g/mol. The molecule has 1 fully saturated rings. The van der Waals surface area contributed by atoms with E-state index in [0.29, 0.717) is 27.4 Å². The van der Waals surface area contributed by atoms with Gasteiger partial charge < -0.3 is 16.2 Å². The van der Waals surface area contributed by atoms with Crippen LogP contribution in [-0.2, 0) is 17.5 Å². The summed E-state index contributed by atoms with van der Waals surface area (Å²) in [5.74, 6) is -0.963. The zero-order valence-electron chi connectivity index (χ0n) is 24.2. The highest BCUT2D eigenvalue weighted by Gasteiger charge is 2.32. The molecule has 0 atom stereocenters. The van der Waals surface area contributed by atoms with Crippen LogP contribution in [0.1, 0.15) is 71.5 Å². The van der Waals surface area contributed by atoms with Gasteiger partial charge in [0.2, 0.25) is 0 Å². The minimum atomic E-state index is -4.59. The lowest BCUT2D eigenvalue weighted by Gasteiger charge is -2.25. The average molecular weight is 640 g/mol. The van der Waals surface area contributed by atoms with Gasteiger partial charge in [0, 0.05) is 17.8 Å². The van der Waals surface area contributed by atoms with Gasteiger partial charge in [0.1, 0.15) is 0 Å². The van der Waals surface area contributed by atoms with Crippen LogP contribution in [0.25, 0.3) is 10.2 Å². The summed E-state index contributed by atoms with van der Waals surface area (Å²) in [5, 5.41) is 14.1. The Morgan fingerprint density at radius 3 is 2.33 bits per heavy atom. The van der Waals surface area contributed by atoms with Gasteiger partial charge in [0.15, 0.2) is 5.13 Å². The number of carboxylic acids is 1. The number of carboxylic acid groups (broad SMARTS) is 1. The minimum absolute atomic E-state index is 0.00431. The third-order valence-corrected chi connectivity index (χ3v) is 8.80. The van der Waals surface area contributed by atoms with E-state index >= 15 is 0 Å². The zero-order valence-corrected chi connectivity index (χ0v) is 25.0. The predicted octanol–water partition coefficient (Wildman–Crippen LogP) is 7.39. The highest BCUT2D eigenvalue weighted by atomic mass is 32.1. The minimum Gasteiger partial charge on any atom is -0.481 e. The van der Waals surface area contributed by atoms with Gasteiger partial charge in [-0.25, -0.2) is 9.78 Å². The Labute approximate surface area is 261 Å². The van der Waals surface area contributed by atoms with E-state index in [9.17, 15) is 27.6 Å². The van der Waals surface area contributed by atoms with Crippen molar-refractivity contribution in [3.05, 3.63) is 82.9 Å². The molecule has 0 bridgehead atoms. The third kappa shape index (κ3) is 7.90. The second-order valence-electron chi connectivity index (χ2n) is 11.0. The summed E-state index contributed by atoms with van der Waals surface area (Å²) in [5.41, 5.74) is 7.76. The Hall–Kier alpha value is -4.65. The van der Waals surface area contributed by atoms with E-state index in [4.69, 9.17) is 10.8 Å². The molecule has 13 heteroatoms. The number of aliphatic carboxylic acids is 1. The molecule has 1 heterocycles. The molecule has 3 aromatic carbocycles. The topological polar surface area (TPSA) is 138 Å². The summed E-state index contributed by atoms with van der Waals surface area (Å²) >= 11 is 0.982. The summed E-state index contributed by atoms with van der Waals surface area (Å²) in [6.07, 6.45) is 1.06. The molecule has 1 aromatic heterocycles. The van der Waals surface area contributed by atoms with Crippen LogP contribution in [0.3, 0.4) is 0 Å². The number of nitrogens with one attached hydrogen (secondary N) is 2. The number of nitrogens with zero attached hydrogens (tertiary/aromatic N) is 2. The number of hydrogen-bond acceptors (Lipinski definition) is 6. The molecule has 236 valence electrons. The van der Waals surface area contributed by atoms with Crippen molar-refractivity contribution in [2.75, 3.05) is 22.5 Å². The molecule has 1 aliphatic carbocycles. The van der Waals surface area contributed by atoms with Gasteiger partial charge in [-0.3, -0.25) is 19.8 Å². The fourth-order valence-corrected chi connectivity index (χ4v) is 6.27. The molecule has 9 nitrogen and oxygen atoms in total. The van der Waals surface area contributed by atoms with Crippen molar-refractivity contribution in [1.82, 2.24) is 10.3 Å². The second-order valence-corrected chi connectivity index (χ2v) is 12.0. The van der Waals surface area contributed by atoms with Crippen molar-refractivity contribution in [2.24, 2.45) is 0 Å². The van der Waals surface area contributed by atoms with E-state index in [1.54, 1.807) is 24.3 Å². The number of nitrogens with two attached hydrogens (primary N) is 1. The number of alkyl halides is 3. The van der Waals surface area contributed by atoms with Crippen molar-refractivity contribution in [2.45, 2.75) is 57.2 Å². The lowest BCUT2D eigenvalue weighted by molar-refractivity contribution is -0.138. The number of halogens is 3. The lowest BCUT2D eigenvalue weighted by atomic mass is 9.84. The number of aromatic nitrogens is 1. The summed E-state index contributed by atoms with van der Waals surface area (Å²) in [4.78, 5) is 42.5. The van der Waals surface area contributed by atoms with Crippen molar-refractivity contribution in [1.29, 1.82) is 0 Å². The van der Waals surface area contributed by atoms with Crippen LogP contribution in [-0.4, -0.2) is 34.5 Å². The number of thiazole rings is 1. The number of carbonyl (C=O) groups excluding carboxylic acids is 2. The Kier molecular flexibility index (Phi) is 9.57. The van der Waals surface area contributed by atoms with Crippen LogP contribution in [0.2, 0.25) is 0 Å². The van der Waals surface area contributed by atoms with E-state index < -0.39 is 29.6 Å². The predicted molar refractivity (Wildman–Crippen MR) is 168 cm³/mol. The first-order chi connectivity index (χ1) is 21.5. The van der Waals surface area contributed by atoms with E-state index in [1.807, 2.05) is 24.3 Å². The molecular weight excluding hydrogens is 607 g/mol. The lowest BCUT2D eigenvalue weighted by Crippen LogP contribution is -2.34. The number of amides is 3. The fraction of sp³-hybridized carbons (Fsp3) is 0.312. The normalized spacial score (nSPS) is 13.8. The Bertz CT molecular complexity index is 1680. The van der Waals surface area contributed by atoms with Gasteiger partial charge in [-0.1, -0.05) is 54.9 Å². The molecule has 4 aromatic rings. The summed E-state index contributed by atoms with van der Waals surface area (Å²) < 4.78 is 40.3. The number of urea groups is 1. The number of hydrogen-bond donors (Lipinski definition) is 4. The smallest absolute Gasteiger partial charge is 0.416 e. The van der Waals surface area contributed by atoms with Crippen LogP contribution in [0.15, 0.2) is 60.7 Å². The van der Waals surface area contributed by atoms with Crippen LogP contribution < -0.4 is 21.3 Å². The second kappa shape index (κ2) is 13.6. The first-order valence-electron chi connectivity index (χ1n) is 14.5. The molecule has 3 amide bonds. The summed E-state index contributed by atoms with van der Waals surface area (Å²) in [6.45, 7) is 0.108. The van der Waals surface area contributed by atoms with Gasteiger partial charge in [0.05, 0.1) is 34.4 Å². The van der Waals surface area contributed by atoms with Crippen LogP contribution in [0.4, 0.5) is 34.5 Å². The average Bonchev–Trinajstić information content (AvgIpc) is 3.43. The SMILES string of the molecule is Nc1cc(C(F)(F)F)cc2nc(NC(=O)N(Cc3ccc(C(=O)NCCC(=O)O)cc3)c3ccc(C4CCCCC4)cc3)sc12. The number of fused-ring (bicyclic) bond motifs is 1. The van der Waals surface area contributed by atoms with Crippen LogP contribution in [0, 0.1) is 0 Å². The Morgan fingerprint density at radius 2 is 1.69 bits per heavy atom. The van der Waals surface area contributed by atoms with Crippen molar-refractivity contribution in [3.8, 4) is 0 Å². The van der Waals surface area contributed by atoms with Crippen molar-refractivity contribution in [3.63, 3.8) is 0 Å². The first kappa shape index (κ1) is 31.8. The van der Waals surface area contributed by atoms with Crippen molar-refractivity contribution < 1.29 is 32.7 Å². The van der Waals surface area contributed by atoms with Crippen LogP contribution >= 0.6 is 11.3 Å². The number of carbonyl (C=O) groups is 3. The molecule has 5 N–H and O–H groups in total. The Morgan fingerprint density at radius 1 is 1.00 bits per heavy atom. The molecular formula is C32H32F3N5O4S. The Balaban J connectivity index is 1.38. The van der Waals surface area contributed by atoms with Gasteiger partial charge in [-0.15, -0.1) is 0 Å². The standard InChI is InChI=1S/C32H32F3N5O4S/c33-32(34,35)23-16-25(36)28-26(17-23)38-30(45-28)39-31(44)40(24-12-10-21(11-13-24)20-4-2-1-3-5-20)18-19-6-8-22(9-7-19)29(43)37-15-14-27(41)42/h6-13,16-17,20H,1-5,14-15,18,36H2,(H,37,43)(H,41,42)(H,38,39,44). The molecule has 45 heavy (non-hydrogen) atoms. The van der Waals surface area contributed by atoms with Crippen molar-refractivity contribution >= 4 is 56.0 Å². The van der Waals surface area contributed by atoms with Crippen LogP contribution in [0.5, 0.6) is 0 Å². The number of rotatable bonds is 9. The highest BCUT2D eigenvalue weighted by Crippen LogP contribution is 2.38. The van der Waals surface area contributed by atoms with E-state index in [-0.39, 0.29) is 35.8 Å². The molecule has 1 aliphatic rings. The maximum Gasteiger partial charge on any atom is 0.416 e. The third-order valence-electron chi connectivity index (χ3n) is 7.77. The maximum absolute atomic E-state index is 13.7. The highest BCUT2D eigenvalue weighted by molar-refractivity contribution is 7.23. The maximum atomic E-state index is 13.7. The molecule has 0 radical (unpaired) electrons. The zero-order chi connectivity index (χ0) is 32.1. The quantitative estimate of drug-likeness (QED) is 0.141. The fourth-order valence-electron chi connectivity index (χ4n) is 5.41. The largest absolute Gasteiger partial charge is 0.481 e. The van der Waals surface area contributed by atoms with Gasteiger partial charge in [-0.05, 0) is 66.3 Å². The number of nitrogen functional groups attached to an aromatic ring is 1. The molecule has 0 spiro atoms. The van der Waals surface area contributed by atoms with Gasteiger partial charge in [0.25, 0.3) is 5.91 Å². The molecule has 0 unspecified atom stereocenters. The van der Waals surface area contributed by atoms with E-state index in [2.05, 4.69) is 15.6 Å². The number of anilines is 3. The van der Waals surface area contributed by atoms with Gasteiger partial charge in [-0.2, -0.15) is 13.2 Å². The van der Waals surface area contributed by atoms with E-state index in [1.165, 1.54) is 29.7 Å². The molecule has 0 aliphatic heterocycles. The number of benzene rings is 3. The first-order valence-corrected chi connectivity index (χ1v) is 15.3. The molecule has 5 rings (SSSR count). The molecule has 1 saturated carbocycles. The summed E-state index contributed by atoms with van der Waals surface area (Å²) in [6, 6.07) is 15.6. The molecule has 0 saturated heterocycles. The van der Waals surface area contributed by atoms with Gasteiger partial charge >= 0.3 is 18.2 Å².